The molecule has 4 bridgehead atoms. The average Bonchev–Trinajstić information content (AvgIpc) is 3.47. The number of aliphatic hydroxyl groups is 2. The Labute approximate surface area is 323 Å². The van der Waals surface area contributed by atoms with Crippen LogP contribution >= 0.6 is 0 Å². The van der Waals surface area contributed by atoms with Crippen molar-refractivity contribution in [2.45, 2.75) is 104 Å². The monoisotopic (exact) mass is 758 g/mol. The Morgan fingerprint density at radius 2 is 1.56 bits per heavy atom. The fourth-order valence-corrected chi connectivity index (χ4v) is 5.65. The average molecular weight is 759 g/mol. The highest BCUT2D eigenvalue weighted by atomic mass is 16.6. The molecule has 4 rings (SSSR count). The Morgan fingerprint density at radius 3 is 2.31 bits per heavy atom. The number of carbonyl (C=O) groups is 2. The highest BCUT2D eigenvalue weighted by molar-refractivity contribution is 5.87. The summed E-state index contributed by atoms with van der Waals surface area (Å²) in [5, 5.41) is 22.1. The predicted molar refractivity (Wildman–Crippen MR) is 208 cm³/mol. The van der Waals surface area contributed by atoms with Gasteiger partial charge in [-0.25, -0.2) is 19.6 Å². The van der Waals surface area contributed by atoms with Gasteiger partial charge in [-0.15, -0.1) is 0 Å². The molecule has 0 saturated carbocycles. The molecule has 7 atom stereocenters. The number of rotatable bonds is 5. The second-order valence-corrected chi connectivity index (χ2v) is 14.5. The van der Waals surface area contributed by atoms with Gasteiger partial charge in [0.2, 0.25) is 5.89 Å². The first-order chi connectivity index (χ1) is 26.3. The van der Waals surface area contributed by atoms with Gasteiger partial charge in [0.15, 0.2) is 17.3 Å². The summed E-state index contributed by atoms with van der Waals surface area (Å²) in [5.74, 6) is -0.830. The van der Waals surface area contributed by atoms with Gasteiger partial charge in [0.1, 0.15) is 36.9 Å². The molecule has 1 fully saturated rings. The first-order valence-electron chi connectivity index (χ1n) is 18.4. The number of esters is 2. The van der Waals surface area contributed by atoms with Crippen molar-refractivity contribution in [2.24, 2.45) is 10.8 Å². The number of aliphatic hydroxyl groups excluding tert-OH is 2. The maximum Gasteiger partial charge on any atom is 0.360 e. The van der Waals surface area contributed by atoms with Gasteiger partial charge in [-0.2, -0.15) is 0 Å². The van der Waals surface area contributed by atoms with Crippen LogP contribution in [0.4, 0.5) is 0 Å². The summed E-state index contributed by atoms with van der Waals surface area (Å²) in [7, 11) is 1.56. The molecule has 7 unspecified atom stereocenters. The van der Waals surface area contributed by atoms with Crippen LogP contribution in [0.3, 0.4) is 0 Å². The molecule has 2 aliphatic rings. The van der Waals surface area contributed by atoms with Crippen LogP contribution in [0.1, 0.15) is 87.1 Å². The molecule has 4 heterocycles. The van der Waals surface area contributed by atoms with Gasteiger partial charge >= 0.3 is 11.9 Å². The normalized spacial score (nSPS) is 30.1. The van der Waals surface area contributed by atoms with E-state index in [1.807, 2.05) is 96.2 Å². The fraction of sp³-hybridized carbons (Fsp3) is 0.442. The van der Waals surface area contributed by atoms with Crippen LogP contribution in [0.25, 0.3) is 6.08 Å². The molecule has 2 aromatic rings. The first-order valence-corrected chi connectivity index (χ1v) is 18.4. The number of hydrogen-bond donors (Lipinski definition) is 2. The Morgan fingerprint density at radius 1 is 0.873 bits per heavy atom. The van der Waals surface area contributed by atoms with E-state index in [2.05, 4.69) is 9.97 Å². The topological polar surface area (TPSA) is 167 Å². The maximum atomic E-state index is 13.2. The molecule has 1 saturated heterocycles. The summed E-state index contributed by atoms with van der Waals surface area (Å²) in [6.07, 6.45) is 28.1. The van der Waals surface area contributed by atoms with Crippen molar-refractivity contribution >= 4 is 18.0 Å². The van der Waals surface area contributed by atoms with Crippen LogP contribution in [-0.4, -0.2) is 82.0 Å². The molecule has 2 N–H and O–H groups in total. The standard InChI is InChI=1S/C43H54N2O10/c1-8-18-34(46)42(3,4)37-24-14-12-10-11-13-20-29(50-7)26-39-45-31(28-52-39)41(49)54-36(19-9-2)43(5,6)35(47)23-17-22-33-32(53-33)21-15-16-25-38-44-30(27-51-38)40(48)55-37/h8-22,25,27-29,32-37,46-47H,23-24,26H2,1-7H3/b11-10-,14-12-,18-8+,19-9+,20-13+,21-15+,22-17-,25-16+. The largest absolute Gasteiger partial charge is 0.457 e. The molecule has 12 heteroatoms. The molecule has 0 amide bonds. The summed E-state index contributed by atoms with van der Waals surface area (Å²) in [5.41, 5.74) is -1.66. The molecule has 0 radical (unpaired) electrons. The molecule has 2 aliphatic heterocycles. The van der Waals surface area contributed by atoms with E-state index >= 15 is 0 Å². The number of nitrogens with zero attached hydrogens (tertiary/aromatic N) is 2. The fourth-order valence-electron chi connectivity index (χ4n) is 5.65. The number of hydrogen-bond acceptors (Lipinski definition) is 12. The van der Waals surface area contributed by atoms with Crippen molar-refractivity contribution < 1.29 is 47.6 Å². The van der Waals surface area contributed by atoms with Crippen molar-refractivity contribution in [2.75, 3.05) is 7.11 Å². The zero-order chi connectivity index (χ0) is 40.0. The second kappa shape index (κ2) is 20.2. The highest BCUT2D eigenvalue weighted by Gasteiger charge is 2.39. The van der Waals surface area contributed by atoms with Crippen LogP contribution in [0.15, 0.2) is 113 Å². The zero-order valence-corrected chi connectivity index (χ0v) is 32.6. The van der Waals surface area contributed by atoms with E-state index in [1.54, 1.807) is 49.6 Å². The van der Waals surface area contributed by atoms with Crippen LogP contribution in [0.5, 0.6) is 0 Å². The third-order valence-electron chi connectivity index (χ3n) is 9.62. The molecule has 0 aliphatic carbocycles. The number of oxazole rings is 2. The minimum absolute atomic E-state index is 0.00918. The van der Waals surface area contributed by atoms with Crippen molar-refractivity contribution in [1.82, 2.24) is 9.97 Å². The molecule has 0 aromatic carbocycles. The van der Waals surface area contributed by atoms with E-state index in [9.17, 15) is 19.8 Å². The summed E-state index contributed by atoms with van der Waals surface area (Å²) in [6.45, 7) is 11.0. The van der Waals surface area contributed by atoms with Crippen molar-refractivity contribution in [3.05, 3.63) is 127 Å². The Kier molecular flexibility index (Phi) is 15.7. The Bertz CT molecular complexity index is 1800. The van der Waals surface area contributed by atoms with Gasteiger partial charge < -0.3 is 38.0 Å². The molecule has 12 nitrogen and oxygen atoms in total. The summed E-state index contributed by atoms with van der Waals surface area (Å²) >= 11 is 0. The lowest BCUT2D eigenvalue weighted by atomic mass is 9.79. The Hall–Kier alpha value is -4.88. The van der Waals surface area contributed by atoms with Gasteiger partial charge in [-0.1, -0.05) is 113 Å². The SMILES string of the molecule is C/C=C/C(O)C(C)(C)C1C\C=C/C=C\C=C\C(OC)Cc2nc(co2)C(=O)OC(/C=C/C)C(C)(C)C(O)C/C=C\C2OC2/C=C/C=C/c2nc(co2)C(=O)O1. The molecular weight excluding hydrogens is 704 g/mol. The van der Waals surface area contributed by atoms with Crippen molar-refractivity contribution in [3.63, 3.8) is 0 Å². The van der Waals surface area contributed by atoms with E-state index in [4.69, 9.17) is 27.8 Å². The third kappa shape index (κ3) is 12.3. The molecule has 55 heavy (non-hydrogen) atoms. The summed E-state index contributed by atoms with van der Waals surface area (Å²) < 4.78 is 34.1. The minimum atomic E-state index is -0.877. The number of allylic oxidation sites excluding steroid dienone is 8. The van der Waals surface area contributed by atoms with E-state index < -0.39 is 53.3 Å². The number of epoxide rings is 1. The van der Waals surface area contributed by atoms with Crippen molar-refractivity contribution in [1.29, 1.82) is 0 Å². The number of carbonyl (C=O) groups excluding carboxylic acids is 2. The third-order valence-corrected chi connectivity index (χ3v) is 9.62. The number of cyclic esters (lactones) is 2. The van der Waals surface area contributed by atoms with Gasteiger partial charge in [-0.05, 0) is 26.3 Å². The van der Waals surface area contributed by atoms with Crippen LogP contribution in [0, 0.1) is 10.8 Å². The van der Waals surface area contributed by atoms with Gasteiger partial charge in [0, 0.05) is 30.4 Å². The minimum Gasteiger partial charge on any atom is -0.457 e. The smallest absolute Gasteiger partial charge is 0.360 e. The van der Waals surface area contributed by atoms with Crippen LogP contribution in [-0.2, 0) is 25.4 Å². The second-order valence-electron chi connectivity index (χ2n) is 14.5. The van der Waals surface area contributed by atoms with Gasteiger partial charge in [-0.3, -0.25) is 0 Å². The quantitative estimate of drug-likeness (QED) is 0.178. The molecule has 2 aromatic heterocycles. The first kappa shape index (κ1) is 42.9. The summed E-state index contributed by atoms with van der Waals surface area (Å²) in [4.78, 5) is 35.0. The lowest BCUT2D eigenvalue weighted by molar-refractivity contribution is -0.0457. The maximum absolute atomic E-state index is 13.2. The van der Waals surface area contributed by atoms with Crippen molar-refractivity contribution in [3.8, 4) is 0 Å². The Balaban J connectivity index is 1.56. The number of methoxy groups -OCH3 is 1. The molecular formula is C43H54N2O10. The van der Waals surface area contributed by atoms with E-state index in [0.29, 0.717) is 18.7 Å². The lowest BCUT2D eigenvalue weighted by Crippen LogP contribution is -2.42. The van der Waals surface area contributed by atoms with E-state index in [-0.39, 0.29) is 35.9 Å². The number of ether oxygens (including phenoxy) is 4. The lowest BCUT2D eigenvalue weighted by Gasteiger charge is -2.36. The van der Waals surface area contributed by atoms with E-state index in [0.717, 1.165) is 0 Å². The number of aromatic nitrogens is 2. The zero-order valence-electron chi connectivity index (χ0n) is 32.6. The molecule has 296 valence electrons. The van der Waals surface area contributed by atoms with E-state index in [1.165, 1.54) is 12.5 Å². The number of fused-ring (bicyclic) bond motifs is 5. The summed E-state index contributed by atoms with van der Waals surface area (Å²) in [6, 6.07) is 0. The van der Waals surface area contributed by atoms with Crippen LogP contribution in [0.2, 0.25) is 0 Å². The van der Waals surface area contributed by atoms with Gasteiger partial charge in [0.05, 0.1) is 24.7 Å². The predicted octanol–water partition coefficient (Wildman–Crippen LogP) is 7.25. The highest BCUT2D eigenvalue weighted by Crippen LogP contribution is 2.34. The molecule has 0 spiro atoms. The van der Waals surface area contributed by atoms with Gasteiger partial charge in [0.25, 0.3) is 0 Å². The van der Waals surface area contributed by atoms with Crippen LogP contribution < -0.4 is 0 Å².